The molecule has 1 amide bonds. The van der Waals surface area contributed by atoms with Crippen LogP contribution in [0.3, 0.4) is 0 Å². The first-order chi connectivity index (χ1) is 12.7. The third-order valence-electron chi connectivity index (χ3n) is 5.19. The van der Waals surface area contributed by atoms with Gasteiger partial charge >= 0.3 is 0 Å². The Bertz CT molecular complexity index is 878. The molecular formula is C21H25IN4O. The van der Waals surface area contributed by atoms with Crippen LogP contribution in [-0.2, 0) is 25.8 Å². The van der Waals surface area contributed by atoms with E-state index in [-0.39, 0.29) is 29.9 Å². The Labute approximate surface area is 176 Å². The maximum absolute atomic E-state index is 12.0. The summed E-state index contributed by atoms with van der Waals surface area (Å²) in [4.78, 5) is 16.4. The van der Waals surface area contributed by atoms with Gasteiger partial charge in [0.05, 0.1) is 6.54 Å². The van der Waals surface area contributed by atoms with Gasteiger partial charge in [0, 0.05) is 17.8 Å². The SMILES string of the molecule is I.NC(=NCc1ccc2c(c1)C(=O)NCC2)Nc1cccc2c1CCCC2. The standard InChI is InChI=1S/C21H24N4O.HI/c22-21(25-19-7-3-5-15-4-1-2-6-17(15)19)24-13-14-8-9-16-10-11-23-20(26)18(16)12-14;/h3,5,7-9,12H,1-2,4,6,10-11,13H2,(H,23,26)(H3,22,24,25);1H. The molecule has 1 heterocycles. The Balaban J connectivity index is 0.00000210. The zero-order chi connectivity index (χ0) is 17.9. The number of fused-ring (bicyclic) bond motifs is 2. The van der Waals surface area contributed by atoms with Crippen LogP contribution < -0.4 is 16.4 Å². The fraction of sp³-hybridized carbons (Fsp3) is 0.333. The highest BCUT2D eigenvalue weighted by Crippen LogP contribution is 2.27. The van der Waals surface area contributed by atoms with Crippen LogP contribution in [0.5, 0.6) is 0 Å². The van der Waals surface area contributed by atoms with Crippen molar-refractivity contribution in [3.05, 3.63) is 64.2 Å². The van der Waals surface area contributed by atoms with Crippen LogP contribution in [0.1, 0.15) is 45.5 Å². The molecule has 0 atom stereocenters. The second-order valence-corrected chi connectivity index (χ2v) is 6.97. The molecule has 2 aromatic carbocycles. The van der Waals surface area contributed by atoms with Crippen LogP contribution in [0.25, 0.3) is 0 Å². The number of benzene rings is 2. The molecule has 2 aromatic rings. The first-order valence-corrected chi connectivity index (χ1v) is 9.28. The zero-order valence-corrected chi connectivity index (χ0v) is 17.6. The summed E-state index contributed by atoms with van der Waals surface area (Å²) in [6.45, 7) is 1.16. The van der Waals surface area contributed by atoms with Crippen molar-refractivity contribution < 1.29 is 4.79 Å². The number of carbonyl (C=O) groups excluding carboxylic acids is 1. The predicted octanol–water partition coefficient (Wildman–Crippen LogP) is 3.40. The molecule has 4 rings (SSSR count). The average molecular weight is 476 g/mol. The number of nitrogens with two attached hydrogens (primary N) is 1. The second-order valence-electron chi connectivity index (χ2n) is 6.97. The van der Waals surface area contributed by atoms with Crippen molar-refractivity contribution in [2.75, 3.05) is 11.9 Å². The molecule has 0 unspecified atom stereocenters. The van der Waals surface area contributed by atoms with Gasteiger partial charge in [0.25, 0.3) is 5.91 Å². The van der Waals surface area contributed by atoms with E-state index in [2.05, 4.69) is 33.8 Å². The Kier molecular flexibility index (Phi) is 6.36. The largest absolute Gasteiger partial charge is 0.370 e. The summed E-state index contributed by atoms with van der Waals surface area (Å²) < 4.78 is 0. The van der Waals surface area contributed by atoms with Crippen molar-refractivity contribution in [1.82, 2.24) is 5.32 Å². The smallest absolute Gasteiger partial charge is 0.251 e. The molecule has 27 heavy (non-hydrogen) atoms. The van der Waals surface area contributed by atoms with Crippen molar-refractivity contribution in [2.45, 2.75) is 38.6 Å². The van der Waals surface area contributed by atoms with Crippen LogP contribution in [0.15, 0.2) is 41.4 Å². The predicted molar refractivity (Wildman–Crippen MR) is 120 cm³/mol. The van der Waals surface area contributed by atoms with E-state index in [4.69, 9.17) is 5.73 Å². The summed E-state index contributed by atoms with van der Waals surface area (Å²) in [5, 5.41) is 6.14. The fourth-order valence-corrected chi connectivity index (χ4v) is 3.81. The quantitative estimate of drug-likeness (QED) is 0.361. The minimum absolute atomic E-state index is 0. The van der Waals surface area contributed by atoms with Gasteiger partial charge < -0.3 is 16.4 Å². The van der Waals surface area contributed by atoms with Gasteiger partial charge in [-0.1, -0.05) is 24.3 Å². The number of rotatable bonds is 3. The van der Waals surface area contributed by atoms with E-state index in [1.54, 1.807) is 0 Å². The number of aliphatic imine (C=N–C) groups is 1. The van der Waals surface area contributed by atoms with Crippen molar-refractivity contribution in [3.63, 3.8) is 0 Å². The number of aryl methyl sites for hydroxylation is 1. The van der Waals surface area contributed by atoms with Gasteiger partial charge in [-0.25, -0.2) is 4.99 Å². The molecule has 142 valence electrons. The molecule has 0 saturated heterocycles. The molecule has 0 fully saturated rings. The molecular weight excluding hydrogens is 451 g/mol. The molecule has 0 spiro atoms. The summed E-state index contributed by atoms with van der Waals surface area (Å²) in [5.41, 5.74) is 12.8. The third kappa shape index (κ3) is 4.43. The van der Waals surface area contributed by atoms with E-state index in [0.717, 1.165) is 41.6 Å². The van der Waals surface area contributed by atoms with Crippen LogP contribution in [0, 0.1) is 0 Å². The number of amides is 1. The molecule has 1 aliphatic carbocycles. The number of anilines is 1. The van der Waals surface area contributed by atoms with E-state index >= 15 is 0 Å². The number of nitrogens with one attached hydrogen (secondary N) is 2. The second kappa shape index (κ2) is 8.73. The highest BCUT2D eigenvalue weighted by molar-refractivity contribution is 14.0. The first kappa shape index (κ1) is 19.7. The molecule has 6 heteroatoms. The number of halogens is 1. The normalized spacial score (nSPS) is 15.9. The molecule has 2 aliphatic rings. The maximum atomic E-state index is 12.0. The van der Waals surface area contributed by atoms with Gasteiger partial charge in [-0.15, -0.1) is 24.0 Å². The number of hydrogen-bond donors (Lipinski definition) is 3. The van der Waals surface area contributed by atoms with Gasteiger partial charge in [0.1, 0.15) is 0 Å². The molecule has 0 radical (unpaired) electrons. The Morgan fingerprint density at radius 3 is 2.85 bits per heavy atom. The van der Waals surface area contributed by atoms with Crippen molar-refractivity contribution in [3.8, 4) is 0 Å². The van der Waals surface area contributed by atoms with Gasteiger partial charge in [0.2, 0.25) is 0 Å². The highest BCUT2D eigenvalue weighted by atomic mass is 127. The number of guanidine groups is 1. The number of nitrogens with zero attached hydrogens (tertiary/aromatic N) is 1. The number of carbonyl (C=O) groups is 1. The topological polar surface area (TPSA) is 79.5 Å². The summed E-state index contributed by atoms with van der Waals surface area (Å²) in [5.74, 6) is 0.408. The van der Waals surface area contributed by atoms with E-state index < -0.39 is 0 Å². The lowest BCUT2D eigenvalue weighted by Crippen LogP contribution is -2.31. The number of hydrogen-bond acceptors (Lipinski definition) is 2. The molecule has 4 N–H and O–H groups in total. The lowest BCUT2D eigenvalue weighted by atomic mass is 9.90. The molecule has 5 nitrogen and oxygen atoms in total. The van der Waals surface area contributed by atoms with Gasteiger partial charge in [-0.05, 0) is 66.5 Å². The van der Waals surface area contributed by atoms with Crippen molar-refractivity contribution in [2.24, 2.45) is 10.7 Å². The van der Waals surface area contributed by atoms with Crippen LogP contribution in [0.4, 0.5) is 5.69 Å². The Hall–Kier alpha value is -2.09. The van der Waals surface area contributed by atoms with Crippen LogP contribution in [0.2, 0.25) is 0 Å². The molecule has 0 aromatic heterocycles. The lowest BCUT2D eigenvalue weighted by Gasteiger charge is -2.20. The van der Waals surface area contributed by atoms with Gasteiger partial charge in [0.15, 0.2) is 5.96 Å². The van der Waals surface area contributed by atoms with E-state index in [1.807, 2.05) is 18.2 Å². The van der Waals surface area contributed by atoms with Crippen LogP contribution in [-0.4, -0.2) is 18.4 Å². The van der Waals surface area contributed by atoms with Crippen molar-refractivity contribution in [1.29, 1.82) is 0 Å². The summed E-state index contributed by atoms with van der Waals surface area (Å²) >= 11 is 0. The van der Waals surface area contributed by atoms with E-state index in [9.17, 15) is 4.79 Å². The van der Waals surface area contributed by atoms with E-state index in [1.165, 1.54) is 24.0 Å². The Morgan fingerprint density at radius 1 is 1.11 bits per heavy atom. The average Bonchev–Trinajstić information content (AvgIpc) is 2.67. The lowest BCUT2D eigenvalue weighted by molar-refractivity contribution is 0.0946. The molecule has 0 bridgehead atoms. The molecule has 0 saturated carbocycles. The van der Waals surface area contributed by atoms with Crippen LogP contribution >= 0.6 is 24.0 Å². The third-order valence-corrected chi connectivity index (χ3v) is 5.19. The summed E-state index contributed by atoms with van der Waals surface area (Å²) in [6.07, 6.45) is 5.59. The van der Waals surface area contributed by atoms with Crippen molar-refractivity contribution >= 4 is 41.5 Å². The summed E-state index contributed by atoms with van der Waals surface area (Å²) in [7, 11) is 0. The minimum atomic E-state index is -0.000843. The van der Waals surface area contributed by atoms with Gasteiger partial charge in [-0.2, -0.15) is 0 Å². The van der Waals surface area contributed by atoms with E-state index in [0.29, 0.717) is 19.0 Å². The fourth-order valence-electron chi connectivity index (χ4n) is 3.81. The monoisotopic (exact) mass is 476 g/mol. The highest BCUT2D eigenvalue weighted by Gasteiger charge is 2.16. The Morgan fingerprint density at radius 2 is 1.96 bits per heavy atom. The molecule has 1 aliphatic heterocycles. The maximum Gasteiger partial charge on any atom is 0.251 e. The first-order valence-electron chi connectivity index (χ1n) is 9.28. The van der Waals surface area contributed by atoms with Gasteiger partial charge in [-0.3, -0.25) is 4.79 Å². The summed E-state index contributed by atoms with van der Waals surface area (Å²) in [6, 6.07) is 12.3. The minimum Gasteiger partial charge on any atom is -0.370 e. The zero-order valence-electron chi connectivity index (χ0n) is 15.3.